The monoisotopic (exact) mass is 250 g/mol. The van der Waals surface area contributed by atoms with Crippen LogP contribution >= 0.6 is 0 Å². The van der Waals surface area contributed by atoms with Crippen LogP contribution in [0.2, 0.25) is 0 Å². The predicted octanol–water partition coefficient (Wildman–Crippen LogP) is -0.403. The molecule has 1 aromatic carbocycles. The fourth-order valence-corrected chi connectivity index (χ4v) is 1.60. The molecule has 0 bridgehead atoms. The fraction of sp³-hybridized carbons (Fsp3) is 0.333. The second kappa shape index (κ2) is 6.73. The molecule has 0 aliphatic rings. The quantitative estimate of drug-likeness (QED) is 0.363. The second-order valence-electron chi connectivity index (χ2n) is 3.94. The summed E-state index contributed by atoms with van der Waals surface area (Å²) in [6.45, 7) is 3.53. The molecule has 1 aromatic rings. The number of hydrogen-bond acceptors (Lipinski definition) is 4. The topological polar surface area (TPSA) is 101 Å². The lowest BCUT2D eigenvalue weighted by Gasteiger charge is -2.18. The molecule has 0 atom stereocenters. The zero-order chi connectivity index (χ0) is 13.5. The highest BCUT2D eigenvalue weighted by Gasteiger charge is 2.08. The summed E-state index contributed by atoms with van der Waals surface area (Å²) >= 11 is 0. The standard InChI is InChI=1S/C12H18N4O2/c1-2-16(8-11(13)17)7-9-3-5-10(6-4-9)12(18)15-14/h3-6H,2,7-8,14H2,1H3,(H2,13,17)(H,15,18). The van der Waals surface area contributed by atoms with Crippen molar-refractivity contribution in [3.05, 3.63) is 35.4 Å². The molecule has 98 valence electrons. The van der Waals surface area contributed by atoms with E-state index in [0.29, 0.717) is 12.1 Å². The Morgan fingerprint density at radius 1 is 1.28 bits per heavy atom. The van der Waals surface area contributed by atoms with Gasteiger partial charge in [-0.2, -0.15) is 0 Å². The molecule has 0 aliphatic carbocycles. The van der Waals surface area contributed by atoms with Crippen molar-refractivity contribution in [3.63, 3.8) is 0 Å². The van der Waals surface area contributed by atoms with E-state index in [2.05, 4.69) is 5.43 Å². The minimum Gasteiger partial charge on any atom is -0.369 e. The van der Waals surface area contributed by atoms with Gasteiger partial charge in [0.25, 0.3) is 5.91 Å². The molecular weight excluding hydrogens is 232 g/mol. The van der Waals surface area contributed by atoms with Crippen LogP contribution in [0.5, 0.6) is 0 Å². The smallest absolute Gasteiger partial charge is 0.265 e. The van der Waals surface area contributed by atoms with Crippen LogP contribution in [-0.2, 0) is 11.3 Å². The molecule has 6 nitrogen and oxygen atoms in total. The van der Waals surface area contributed by atoms with Gasteiger partial charge in [-0.15, -0.1) is 0 Å². The van der Waals surface area contributed by atoms with E-state index in [-0.39, 0.29) is 18.4 Å². The third-order valence-corrected chi connectivity index (χ3v) is 2.58. The predicted molar refractivity (Wildman–Crippen MR) is 68.2 cm³/mol. The van der Waals surface area contributed by atoms with Crippen LogP contribution in [0.4, 0.5) is 0 Å². The normalized spacial score (nSPS) is 10.4. The van der Waals surface area contributed by atoms with E-state index in [4.69, 9.17) is 11.6 Å². The van der Waals surface area contributed by atoms with Crippen molar-refractivity contribution < 1.29 is 9.59 Å². The molecular formula is C12H18N4O2. The first-order valence-electron chi connectivity index (χ1n) is 5.67. The highest BCUT2D eigenvalue weighted by molar-refractivity contribution is 5.93. The van der Waals surface area contributed by atoms with Gasteiger partial charge >= 0.3 is 0 Å². The molecule has 0 spiro atoms. The first-order chi connectivity index (χ1) is 8.56. The Kier molecular flexibility index (Phi) is 5.29. The van der Waals surface area contributed by atoms with Crippen LogP contribution in [0.25, 0.3) is 0 Å². The van der Waals surface area contributed by atoms with Crippen LogP contribution in [0, 0.1) is 0 Å². The van der Waals surface area contributed by atoms with Gasteiger partial charge in [0.05, 0.1) is 6.54 Å². The molecule has 18 heavy (non-hydrogen) atoms. The largest absolute Gasteiger partial charge is 0.369 e. The Bertz CT molecular complexity index is 417. The van der Waals surface area contributed by atoms with Crippen LogP contribution in [0.3, 0.4) is 0 Å². The van der Waals surface area contributed by atoms with E-state index in [1.165, 1.54) is 0 Å². The van der Waals surface area contributed by atoms with Crippen molar-refractivity contribution in [2.75, 3.05) is 13.1 Å². The number of hydrogen-bond donors (Lipinski definition) is 3. The van der Waals surface area contributed by atoms with Crippen LogP contribution in [0.15, 0.2) is 24.3 Å². The van der Waals surface area contributed by atoms with Crippen LogP contribution < -0.4 is 17.0 Å². The third-order valence-electron chi connectivity index (χ3n) is 2.58. The Hall–Kier alpha value is -1.92. The van der Waals surface area contributed by atoms with Crippen LogP contribution in [-0.4, -0.2) is 29.8 Å². The number of nitrogens with one attached hydrogen (secondary N) is 1. The Balaban J connectivity index is 2.67. The zero-order valence-electron chi connectivity index (χ0n) is 10.3. The molecule has 0 heterocycles. The number of carbonyl (C=O) groups is 2. The van der Waals surface area contributed by atoms with E-state index in [1.54, 1.807) is 12.1 Å². The maximum absolute atomic E-state index is 11.2. The number of likely N-dealkylation sites (N-methyl/N-ethyl adjacent to an activating group) is 1. The van der Waals surface area contributed by atoms with Crippen molar-refractivity contribution in [1.29, 1.82) is 0 Å². The summed E-state index contributed by atoms with van der Waals surface area (Å²) in [6.07, 6.45) is 0. The Labute approximate surface area is 106 Å². The number of nitrogens with two attached hydrogens (primary N) is 2. The molecule has 5 N–H and O–H groups in total. The zero-order valence-corrected chi connectivity index (χ0v) is 10.3. The maximum atomic E-state index is 11.2. The molecule has 0 saturated heterocycles. The highest BCUT2D eigenvalue weighted by Crippen LogP contribution is 2.07. The Morgan fingerprint density at radius 2 is 1.89 bits per heavy atom. The average molecular weight is 250 g/mol. The van der Waals surface area contributed by atoms with Crippen molar-refractivity contribution in [1.82, 2.24) is 10.3 Å². The van der Waals surface area contributed by atoms with Crippen LogP contribution in [0.1, 0.15) is 22.8 Å². The van der Waals surface area contributed by atoms with Crippen molar-refractivity contribution in [3.8, 4) is 0 Å². The number of carbonyl (C=O) groups excluding carboxylic acids is 2. The van der Waals surface area contributed by atoms with E-state index >= 15 is 0 Å². The van der Waals surface area contributed by atoms with Gasteiger partial charge in [0, 0.05) is 12.1 Å². The fourth-order valence-electron chi connectivity index (χ4n) is 1.60. The number of nitrogen functional groups attached to an aromatic ring is 1. The summed E-state index contributed by atoms with van der Waals surface area (Å²) in [5, 5.41) is 0. The minimum atomic E-state index is -0.351. The van der Waals surface area contributed by atoms with E-state index in [9.17, 15) is 9.59 Å². The van der Waals surface area contributed by atoms with E-state index in [0.717, 1.165) is 12.1 Å². The summed E-state index contributed by atoms with van der Waals surface area (Å²) in [6, 6.07) is 7.04. The lowest BCUT2D eigenvalue weighted by atomic mass is 10.1. The number of hydrazine groups is 1. The first-order valence-corrected chi connectivity index (χ1v) is 5.67. The molecule has 0 aromatic heterocycles. The summed E-state index contributed by atoms with van der Waals surface area (Å²) in [7, 11) is 0. The molecule has 2 amide bonds. The minimum absolute atomic E-state index is 0.224. The Morgan fingerprint density at radius 3 is 2.33 bits per heavy atom. The van der Waals surface area contributed by atoms with Gasteiger partial charge in [-0.1, -0.05) is 19.1 Å². The molecule has 6 heteroatoms. The molecule has 1 rings (SSSR count). The highest BCUT2D eigenvalue weighted by atomic mass is 16.2. The van der Waals surface area contributed by atoms with E-state index in [1.807, 2.05) is 24.0 Å². The SMILES string of the molecule is CCN(CC(N)=O)Cc1ccc(C(=O)NN)cc1. The van der Waals surface area contributed by atoms with Gasteiger partial charge in [-0.3, -0.25) is 19.9 Å². The van der Waals surface area contributed by atoms with Gasteiger partial charge < -0.3 is 5.73 Å². The van der Waals surface area contributed by atoms with E-state index < -0.39 is 0 Å². The van der Waals surface area contributed by atoms with Gasteiger partial charge in [0.15, 0.2) is 0 Å². The number of benzene rings is 1. The summed E-state index contributed by atoms with van der Waals surface area (Å²) < 4.78 is 0. The number of amides is 2. The van der Waals surface area contributed by atoms with Gasteiger partial charge in [0.1, 0.15) is 0 Å². The summed E-state index contributed by atoms with van der Waals surface area (Å²) in [5.41, 5.74) is 8.73. The third kappa shape index (κ3) is 4.15. The van der Waals surface area contributed by atoms with Crippen molar-refractivity contribution in [2.45, 2.75) is 13.5 Å². The van der Waals surface area contributed by atoms with Crippen molar-refractivity contribution >= 4 is 11.8 Å². The average Bonchev–Trinajstić information content (AvgIpc) is 2.37. The molecule has 0 aliphatic heterocycles. The maximum Gasteiger partial charge on any atom is 0.265 e. The lowest BCUT2D eigenvalue weighted by Crippen LogP contribution is -2.33. The molecule has 0 saturated carbocycles. The lowest BCUT2D eigenvalue weighted by molar-refractivity contribution is -0.119. The van der Waals surface area contributed by atoms with Gasteiger partial charge in [-0.05, 0) is 24.2 Å². The first kappa shape index (κ1) is 14.1. The molecule has 0 fully saturated rings. The number of rotatable bonds is 6. The number of nitrogens with zero attached hydrogens (tertiary/aromatic N) is 1. The van der Waals surface area contributed by atoms with Gasteiger partial charge in [-0.25, -0.2) is 5.84 Å². The van der Waals surface area contributed by atoms with Crippen molar-refractivity contribution in [2.24, 2.45) is 11.6 Å². The summed E-state index contributed by atoms with van der Waals surface area (Å²) in [5.74, 6) is 4.36. The molecule has 0 unspecified atom stereocenters. The summed E-state index contributed by atoms with van der Waals surface area (Å²) in [4.78, 5) is 24.0. The van der Waals surface area contributed by atoms with Gasteiger partial charge in [0.2, 0.25) is 5.91 Å². The number of primary amides is 1. The molecule has 0 radical (unpaired) electrons. The second-order valence-corrected chi connectivity index (χ2v) is 3.94.